The minimum atomic E-state index is -0.379. The predicted octanol–water partition coefficient (Wildman–Crippen LogP) is 2.20. The van der Waals surface area contributed by atoms with Crippen molar-refractivity contribution in [1.82, 2.24) is 9.97 Å². The van der Waals surface area contributed by atoms with E-state index in [0.717, 1.165) is 42.6 Å². The maximum absolute atomic E-state index is 12.0. The van der Waals surface area contributed by atoms with E-state index in [4.69, 9.17) is 9.47 Å². The number of nitrogens with one attached hydrogen (secondary N) is 2. The highest BCUT2D eigenvalue weighted by Gasteiger charge is 2.21. The third-order valence-electron chi connectivity index (χ3n) is 3.86. The standard InChI is InChI=1S/C16H19N3O3/c1-21-11-7-5-8-12(22-2)13(11)14-10-6-3-4-9-17-15(10)19-16(20)18-14/h5,7-8H,3-4,6,9H2,1-2H3,(H2,17,18,19,20). The number of nitrogens with zero attached hydrogens (tertiary/aromatic N) is 1. The molecule has 0 saturated carbocycles. The van der Waals surface area contributed by atoms with E-state index in [1.54, 1.807) is 14.2 Å². The van der Waals surface area contributed by atoms with E-state index in [1.165, 1.54) is 0 Å². The van der Waals surface area contributed by atoms with Gasteiger partial charge in [0, 0.05) is 12.1 Å². The first kappa shape index (κ1) is 14.4. The van der Waals surface area contributed by atoms with Crippen molar-refractivity contribution in [3.8, 4) is 22.8 Å². The normalized spacial score (nSPS) is 13.7. The fourth-order valence-electron chi connectivity index (χ4n) is 2.83. The zero-order valence-electron chi connectivity index (χ0n) is 12.7. The molecule has 0 radical (unpaired) electrons. The van der Waals surface area contributed by atoms with E-state index in [0.29, 0.717) is 17.3 Å². The number of aromatic nitrogens is 2. The Morgan fingerprint density at radius 2 is 1.86 bits per heavy atom. The molecule has 0 atom stereocenters. The van der Waals surface area contributed by atoms with Crippen LogP contribution >= 0.6 is 0 Å². The zero-order valence-corrected chi connectivity index (χ0v) is 12.7. The number of methoxy groups -OCH3 is 2. The molecule has 0 amide bonds. The smallest absolute Gasteiger partial charge is 0.347 e. The Morgan fingerprint density at radius 1 is 1.14 bits per heavy atom. The van der Waals surface area contributed by atoms with Crippen LogP contribution in [0.25, 0.3) is 11.3 Å². The van der Waals surface area contributed by atoms with E-state index < -0.39 is 0 Å². The van der Waals surface area contributed by atoms with Crippen LogP contribution in [0.1, 0.15) is 18.4 Å². The van der Waals surface area contributed by atoms with Gasteiger partial charge in [-0.2, -0.15) is 4.98 Å². The fraction of sp³-hybridized carbons (Fsp3) is 0.375. The Labute approximate surface area is 128 Å². The lowest BCUT2D eigenvalue weighted by Gasteiger charge is -2.16. The maximum atomic E-state index is 12.0. The highest BCUT2D eigenvalue weighted by molar-refractivity contribution is 5.79. The van der Waals surface area contributed by atoms with Gasteiger partial charge in [0.05, 0.1) is 25.5 Å². The fourth-order valence-corrected chi connectivity index (χ4v) is 2.83. The molecule has 1 aliphatic heterocycles. The second kappa shape index (κ2) is 6.09. The van der Waals surface area contributed by atoms with Gasteiger partial charge in [0.25, 0.3) is 0 Å². The Kier molecular flexibility index (Phi) is 4.00. The summed E-state index contributed by atoms with van der Waals surface area (Å²) in [7, 11) is 3.21. The van der Waals surface area contributed by atoms with Gasteiger partial charge in [0.1, 0.15) is 17.3 Å². The number of benzene rings is 1. The zero-order chi connectivity index (χ0) is 15.5. The summed E-state index contributed by atoms with van der Waals surface area (Å²) in [6.07, 6.45) is 2.94. The van der Waals surface area contributed by atoms with Crippen molar-refractivity contribution in [2.24, 2.45) is 0 Å². The Bertz CT molecular complexity index is 718. The van der Waals surface area contributed by atoms with Crippen LogP contribution in [-0.4, -0.2) is 30.7 Å². The van der Waals surface area contributed by atoms with Gasteiger partial charge in [-0.1, -0.05) is 6.07 Å². The molecule has 0 saturated heterocycles. The van der Waals surface area contributed by atoms with Crippen LogP contribution in [0, 0.1) is 0 Å². The van der Waals surface area contributed by atoms with E-state index in [2.05, 4.69) is 15.3 Å². The van der Waals surface area contributed by atoms with E-state index in [9.17, 15) is 4.79 Å². The molecular weight excluding hydrogens is 282 g/mol. The van der Waals surface area contributed by atoms with E-state index >= 15 is 0 Å². The molecule has 2 aromatic rings. The Morgan fingerprint density at radius 3 is 2.55 bits per heavy atom. The van der Waals surface area contributed by atoms with Gasteiger partial charge in [0.2, 0.25) is 0 Å². The third-order valence-corrected chi connectivity index (χ3v) is 3.86. The molecule has 2 heterocycles. The van der Waals surface area contributed by atoms with Crippen molar-refractivity contribution in [2.45, 2.75) is 19.3 Å². The van der Waals surface area contributed by atoms with Crippen LogP contribution in [0.3, 0.4) is 0 Å². The van der Waals surface area contributed by atoms with E-state index in [1.807, 2.05) is 18.2 Å². The average Bonchev–Trinajstić information content (AvgIpc) is 2.78. The quantitative estimate of drug-likeness (QED) is 0.909. The summed E-state index contributed by atoms with van der Waals surface area (Å²) < 4.78 is 10.9. The molecule has 3 rings (SSSR count). The summed E-state index contributed by atoms with van der Waals surface area (Å²) in [6, 6.07) is 5.57. The summed E-state index contributed by atoms with van der Waals surface area (Å²) >= 11 is 0. The van der Waals surface area contributed by atoms with Crippen LogP contribution in [0.4, 0.5) is 5.82 Å². The number of fused-ring (bicyclic) bond motifs is 1. The summed E-state index contributed by atoms with van der Waals surface area (Å²) in [5.74, 6) is 1.98. The minimum Gasteiger partial charge on any atom is -0.496 e. The molecule has 6 heteroatoms. The molecule has 22 heavy (non-hydrogen) atoms. The molecule has 1 aromatic heterocycles. The summed E-state index contributed by atoms with van der Waals surface area (Å²) in [5, 5.41) is 3.24. The molecular formula is C16H19N3O3. The van der Waals surface area contributed by atoms with Crippen molar-refractivity contribution in [2.75, 3.05) is 26.1 Å². The lowest BCUT2D eigenvalue weighted by atomic mass is 10.0. The molecule has 1 aromatic carbocycles. The molecule has 0 aliphatic carbocycles. The lowest BCUT2D eigenvalue weighted by molar-refractivity contribution is 0.397. The van der Waals surface area contributed by atoms with Gasteiger partial charge in [-0.25, -0.2) is 4.79 Å². The van der Waals surface area contributed by atoms with Crippen molar-refractivity contribution in [1.29, 1.82) is 0 Å². The molecule has 0 unspecified atom stereocenters. The Balaban J connectivity index is 2.29. The van der Waals surface area contributed by atoms with Gasteiger partial charge >= 0.3 is 5.69 Å². The van der Waals surface area contributed by atoms with Gasteiger partial charge in [-0.3, -0.25) is 0 Å². The van der Waals surface area contributed by atoms with Gasteiger partial charge in [0.15, 0.2) is 0 Å². The topological polar surface area (TPSA) is 76.2 Å². The van der Waals surface area contributed by atoms with Crippen LogP contribution in [0.15, 0.2) is 23.0 Å². The number of hydrogen-bond donors (Lipinski definition) is 2. The monoisotopic (exact) mass is 301 g/mol. The van der Waals surface area contributed by atoms with Gasteiger partial charge < -0.3 is 19.8 Å². The van der Waals surface area contributed by atoms with Crippen LogP contribution in [0.2, 0.25) is 0 Å². The molecule has 1 aliphatic rings. The second-order valence-corrected chi connectivity index (χ2v) is 5.17. The number of H-pyrrole nitrogens is 1. The number of ether oxygens (including phenoxy) is 2. The minimum absolute atomic E-state index is 0.379. The SMILES string of the molecule is COc1cccc(OC)c1-c1[nH]c(=O)nc2c1CCCCN2. The predicted molar refractivity (Wildman–Crippen MR) is 84.8 cm³/mol. The summed E-state index contributed by atoms with van der Waals surface area (Å²) in [6.45, 7) is 0.825. The summed E-state index contributed by atoms with van der Waals surface area (Å²) in [4.78, 5) is 18.9. The van der Waals surface area contributed by atoms with Crippen molar-refractivity contribution >= 4 is 5.82 Å². The maximum Gasteiger partial charge on any atom is 0.347 e. The molecule has 116 valence electrons. The van der Waals surface area contributed by atoms with Crippen LogP contribution in [-0.2, 0) is 6.42 Å². The lowest BCUT2D eigenvalue weighted by Crippen LogP contribution is -2.17. The number of rotatable bonds is 3. The Hall–Kier alpha value is -2.50. The first-order valence-electron chi connectivity index (χ1n) is 7.33. The van der Waals surface area contributed by atoms with Crippen molar-refractivity contribution in [3.63, 3.8) is 0 Å². The number of aromatic amines is 1. The van der Waals surface area contributed by atoms with Gasteiger partial charge in [-0.15, -0.1) is 0 Å². The number of anilines is 1. The molecule has 6 nitrogen and oxygen atoms in total. The highest BCUT2D eigenvalue weighted by atomic mass is 16.5. The van der Waals surface area contributed by atoms with Crippen LogP contribution in [0.5, 0.6) is 11.5 Å². The van der Waals surface area contributed by atoms with E-state index in [-0.39, 0.29) is 5.69 Å². The number of hydrogen-bond acceptors (Lipinski definition) is 5. The van der Waals surface area contributed by atoms with Crippen LogP contribution < -0.4 is 20.5 Å². The molecule has 2 N–H and O–H groups in total. The van der Waals surface area contributed by atoms with Gasteiger partial charge in [-0.05, 0) is 31.4 Å². The highest BCUT2D eigenvalue weighted by Crippen LogP contribution is 2.40. The second-order valence-electron chi connectivity index (χ2n) is 5.17. The molecule has 0 bridgehead atoms. The first-order chi connectivity index (χ1) is 10.7. The molecule has 0 fully saturated rings. The third kappa shape index (κ3) is 2.52. The molecule has 0 spiro atoms. The summed E-state index contributed by atoms with van der Waals surface area (Å²) in [5.41, 5.74) is 2.10. The average molecular weight is 301 g/mol. The van der Waals surface area contributed by atoms with Crippen molar-refractivity contribution < 1.29 is 9.47 Å². The first-order valence-corrected chi connectivity index (χ1v) is 7.33. The van der Waals surface area contributed by atoms with Crippen molar-refractivity contribution in [3.05, 3.63) is 34.2 Å². The largest absolute Gasteiger partial charge is 0.496 e.